The smallest absolute Gasteiger partial charge is 0.259 e. The van der Waals surface area contributed by atoms with Crippen LogP contribution >= 0.6 is 0 Å². The van der Waals surface area contributed by atoms with Crippen molar-refractivity contribution in [3.8, 4) is 11.3 Å². The first kappa shape index (κ1) is 11.0. The average molecular weight is 263 g/mol. The normalized spacial score (nSPS) is 13.6. The zero-order valence-electron chi connectivity index (χ0n) is 10.3. The van der Waals surface area contributed by atoms with E-state index in [2.05, 4.69) is 5.32 Å². The van der Waals surface area contributed by atoms with E-state index in [1.165, 1.54) is 0 Å². The minimum Gasteiger partial charge on any atom is -0.456 e. The van der Waals surface area contributed by atoms with Crippen molar-refractivity contribution in [3.05, 3.63) is 59.7 Å². The number of furan rings is 1. The Morgan fingerprint density at radius 3 is 2.50 bits per heavy atom. The van der Waals surface area contributed by atoms with Crippen LogP contribution in [0.15, 0.2) is 52.9 Å². The van der Waals surface area contributed by atoms with Gasteiger partial charge >= 0.3 is 0 Å². The number of nitrogens with one attached hydrogen (secondary N) is 1. The summed E-state index contributed by atoms with van der Waals surface area (Å²) in [4.78, 5) is 23.6. The first-order chi connectivity index (χ1) is 9.74. The SMILES string of the molecule is O=C1NC(=O)c2c1cccc2-c1cc2ccccc2o1. The molecule has 1 N–H and O–H groups in total. The largest absolute Gasteiger partial charge is 0.456 e. The van der Waals surface area contributed by atoms with Crippen molar-refractivity contribution in [2.24, 2.45) is 0 Å². The predicted octanol–water partition coefficient (Wildman–Crippen LogP) is 2.98. The Hall–Kier alpha value is -2.88. The van der Waals surface area contributed by atoms with E-state index in [1.54, 1.807) is 18.2 Å². The Morgan fingerprint density at radius 2 is 1.65 bits per heavy atom. The number of carbonyl (C=O) groups excluding carboxylic acids is 2. The summed E-state index contributed by atoms with van der Waals surface area (Å²) >= 11 is 0. The molecule has 0 radical (unpaired) electrons. The van der Waals surface area contributed by atoms with Crippen LogP contribution in [-0.2, 0) is 0 Å². The van der Waals surface area contributed by atoms with Crippen LogP contribution in [0.1, 0.15) is 20.7 Å². The molecule has 0 fully saturated rings. The molecule has 4 heteroatoms. The van der Waals surface area contributed by atoms with Crippen LogP contribution in [0.5, 0.6) is 0 Å². The van der Waals surface area contributed by atoms with Gasteiger partial charge in [0.1, 0.15) is 11.3 Å². The Bertz CT molecular complexity index is 843. The molecule has 0 bridgehead atoms. The van der Waals surface area contributed by atoms with Crippen molar-refractivity contribution in [3.63, 3.8) is 0 Å². The molecule has 1 aliphatic rings. The number of para-hydroxylation sites is 1. The van der Waals surface area contributed by atoms with E-state index in [0.29, 0.717) is 22.5 Å². The van der Waals surface area contributed by atoms with Crippen molar-refractivity contribution in [1.29, 1.82) is 0 Å². The van der Waals surface area contributed by atoms with E-state index in [4.69, 9.17) is 4.42 Å². The number of fused-ring (bicyclic) bond motifs is 2. The van der Waals surface area contributed by atoms with Gasteiger partial charge in [-0.15, -0.1) is 0 Å². The number of hydrogen-bond acceptors (Lipinski definition) is 3. The van der Waals surface area contributed by atoms with Gasteiger partial charge in [0.15, 0.2) is 0 Å². The van der Waals surface area contributed by atoms with Crippen LogP contribution in [0, 0.1) is 0 Å². The molecular weight excluding hydrogens is 254 g/mol. The fraction of sp³-hybridized carbons (Fsp3) is 0. The molecule has 2 heterocycles. The Balaban J connectivity index is 2.00. The predicted molar refractivity (Wildman–Crippen MR) is 73.4 cm³/mol. The van der Waals surface area contributed by atoms with Gasteiger partial charge in [-0.3, -0.25) is 14.9 Å². The van der Waals surface area contributed by atoms with Crippen LogP contribution in [0.2, 0.25) is 0 Å². The molecule has 0 atom stereocenters. The lowest BCUT2D eigenvalue weighted by Gasteiger charge is -2.01. The van der Waals surface area contributed by atoms with Crippen molar-refractivity contribution in [2.75, 3.05) is 0 Å². The van der Waals surface area contributed by atoms with Crippen LogP contribution in [0.3, 0.4) is 0 Å². The summed E-state index contributed by atoms with van der Waals surface area (Å²) in [5, 5.41) is 3.27. The topological polar surface area (TPSA) is 59.3 Å². The second kappa shape index (κ2) is 3.81. The molecule has 0 spiro atoms. The third-order valence-corrected chi connectivity index (χ3v) is 3.45. The van der Waals surface area contributed by atoms with Crippen molar-refractivity contribution < 1.29 is 14.0 Å². The van der Waals surface area contributed by atoms with Gasteiger partial charge in [0.25, 0.3) is 11.8 Å². The molecule has 96 valence electrons. The molecular formula is C16H9NO3. The lowest BCUT2D eigenvalue weighted by Crippen LogP contribution is -2.20. The van der Waals surface area contributed by atoms with Gasteiger partial charge in [-0.05, 0) is 18.2 Å². The molecule has 4 nitrogen and oxygen atoms in total. The number of rotatable bonds is 1. The van der Waals surface area contributed by atoms with Gasteiger partial charge < -0.3 is 4.42 Å². The Morgan fingerprint density at radius 1 is 0.850 bits per heavy atom. The number of amides is 2. The zero-order chi connectivity index (χ0) is 13.7. The van der Waals surface area contributed by atoms with Gasteiger partial charge in [-0.25, -0.2) is 0 Å². The van der Waals surface area contributed by atoms with E-state index >= 15 is 0 Å². The monoisotopic (exact) mass is 263 g/mol. The highest BCUT2D eigenvalue weighted by Gasteiger charge is 2.30. The van der Waals surface area contributed by atoms with Gasteiger partial charge in [-0.2, -0.15) is 0 Å². The third kappa shape index (κ3) is 1.42. The van der Waals surface area contributed by atoms with E-state index in [9.17, 15) is 9.59 Å². The second-order valence-corrected chi connectivity index (χ2v) is 4.66. The van der Waals surface area contributed by atoms with E-state index in [0.717, 1.165) is 11.0 Å². The summed E-state index contributed by atoms with van der Waals surface area (Å²) in [6.45, 7) is 0. The second-order valence-electron chi connectivity index (χ2n) is 4.66. The maximum Gasteiger partial charge on any atom is 0.259 e. The first-order valence-electron chi connectivity index (χ1n) is 6.22. The van der Waals surface area contributed by atoms with Crippen LogP contribution < -0.4 is 5.32 Å². The standard InChI is InChI=1S/C16H9NO3/c18-15-11-6-3-5-10(14(11)16(19)17-15)13-8-9-4-1-2-7-12(9)20-13/h1-8H,(H,17,18,19). The lowest BCUT2D eigenvalue weighted by atomic mass is 10.0. The summed E-state index contributed by atoms with van der Waals surface area (Å²) in [5.41, 5.74) is 2.18. The first-order valence-corrected chi connectivity index (χ1v) is 6.22. The summed E-state index contributed by atoms with van der Waals surface area (Å²) in [7, 11) is 0. The molecule has 2 amide bonds. The Labute approximate surface area is 114 Å². The van der Waals surface area contributed by atoms with Crippen molar-refractivity contribution in [2.45, 2.75) is 0 Å². The average Bonchev–Trinajstić information content (AvgIpc) is 3.01. The molecule has 0 aliphatic carbocycles. The highest BCUT2D eigenvalue weighted by molar-refractivity contribution is 6.24. The maximum atomic E-state index is 11.9. The number of hydrogen-bond donors (Lipinski definition) is 1. The lowest BCUT2D eigenvalue weighted by molar-refractivity contribution is 0.0880. The van der Waals surface area contributed by atoms with Gasteiger partial charge in [-0.1, -0.05) is 30.3 Å². The number of benzene rings is 2. The van der Waals surface area contributed by atoms with Crippen molar-refractivity contribution >= 4 is 22.8 Å². The fourth-order valence-corrected chi connectivity index (χ4v) is 2.54. The minimum atomic E-state index is -0.374. The Kier molecular flexibility index (Phi) is 2.09. The summed E-state index contributed by atoms with van der Waals surface area (Å²) < 4.78 is 5.77. The summed E-state index contributed by atoms with van der Waals surface area (Å²) in [6.07, 6.45) is 0. The van der Waals surface area contributed by atoms with Crippen LogP contribution in [-0.4, -0.2) is 11.8 Å². The molecule has 1 aliphatic heterocycles. The summed E-state index contributed by atoms with van der Waals surface area (Å²) in [5.74, 6) is -0.142. The highest BCUT2D eigenvalue weighted by atomic mass is 16.3. The van der Waals surface area contributed by atoms with Crippen LogP contribution in [0.25, 0.3) is 22.3 Å². The van der Waals surface area contributed by atoms with Gasteiger partial charge in [0, 0.05) is 10.9 Å². The molecule has 20 heavy (non-hydrogen) atoms. The molecule has 0 unspecified atom stereocenters. The maximum absolute atomic E-state index is 11.9. The van der Waals surface area contributed by atoms with E-state index in [1.807, 2.05) is 30.3 Å². The molecule has 0 saturated carbocycles. The molecule has 3 aromatic rings. The zero-order valence-corrected chi connectivity index (χ0v) is 10.3. The van der Waals surface area contributed by atoms with Gasteiger partial charge in [0.05, 0.1) is 11.1 Å². The number of carbonyl (C=O) groups is 2. The fourth-order valence-electron chi connectivity index (χ4n) is 2.54. The molecule has 2 aromatic carbocycles. The van der Waals surface area contributed by atoms with Crippen LogP contribution in [0.4, 0.5) is 0 Å². The minimum absolute atomic E-state index is 0.358. The van der Waals surface area contributed by atoms with Gasteiger partial charge in [0.2, 0.25) is 0 Å². The van der Waals surface area contributed by atoms with E-state index < -0.39 is 0 Å². The summed E-state index contributed by atoms with van der Waals surface area (Å²) in [6, 6.07) is 14.7. The van der Waals surface area contributed by atoms with E-state index in [-0.39, 0.29) is 11.8 Å². The molecule has 4 rings (SSSR count). The highest BCUT2D eigenvalue weighted by Crippen LogP contribution is 2.33. The quantitative estimate of drug-likeness (QED) is 0.686. The molecule has 1 aromatic heterocycles. The van der Waals surface area contributed by atoms with Crippen molar-refractivity contribution in [1.82, 2.24) is 5.32 Å². The number of imide groups is 1. The third-order valence-electron chi connectivity index (χ3n) is 3.45. The molecule has 0 saturated heterocycles.